The van der Waals surface area contributed by atoms with Crippen LogP contribution in [0.25, 0.3) is 0 Å². The van der Waals surface area contributed by atoms with Gasteiger partial charge in [-0.05, 0) is 24.6 Å². The molecule has 0 aromatic heterocycles. The summed E-state index contributed by atoms with van der Waals surface area (Å²) in [4.78, 5) is 1.41. The Morgan fingerprint density at radius 1 is 1.29 bits per heavy atom. The molecule has 2 N–H and O–H groups in total. The van der Waals surface area contributed by atoms with Gasteiger partial charge in [0.05, 0.1) is 13.2 Å². The lowest BCUT2D eigenvalue weighted by Gasteiger charge is -2.31. The molecule has 0 aliphatic carbocycles. The number of rotatable bonds is 3. The fraction of sp³-hybridized carbons (Fsp3) is 0.538. The molecule has 1 saturated heterocycles. The summed E-state index contributed by atoms with van der Waals surface area (Å²) in [6, 6.07) is 7.89. The average molecular weight is 301 g/mol. The first-order valence-corrected chi connectivity index (χ1v) is 6.77. The van der Waals surface area contributed by atoms with Crippen LogP contribution >= 0.6 is 15.9 Å². The third kappa shape index (κ3) is 3.52. The molecule has 2 rings (SSSR count). The van der Waals surface area contributed by atoms with Crippen molar-refractivity contribution in [1.29, 1.82) is 0 Å². The van der Waals surface area contributed by atoms with E-state index in [1.54, 1.807) is 0 Å². The molecule has 0 saturated carbocycles. The lowest BCUT2D eigenvalue weighted by molar-refractivity contribution is -0.915. The Morgan fingerprint density at radius 3 is 2.47 bits per heavy atom. The minimum absolute atomic E-state index is 0.734. The van der Waals surface area contributed by atoms with Crippen LogP contribution in [0.2, 0.25) is 0 Å². The minimum Gasteiger partial charge on any atom is -0.380 e. The van der Waals surface area contributed by atoms with Gasteiger partial charge in [0.2, 0.25) is 0 Å². The first kappa shape index (κ1) is 13.0. The van der Waals surface area contributed by atoms with E-state index >= 15 is 0 Å². The molecule has 94 valence electrons. The highest BCUT2D eigenvalue weighted by atomic mass is 79.9. The molecule has 0 unspecified atom stereocenters. The molecular formula is C13H19BrNO2+. The molecule has 1 aromatic carbocycles. The van der Waals surface area contributed by atoms with E-state index in [1.807, 2.05) is 31.2 Å². The summed E-state index contributed by atoms with van der Waals surface area (Å²) in [5.41, 5.74) is 0.201. The van der Waals surface area contributed by atoms with Crippen LogP contribution in [0, 0.1) is 0 Å². The van der Waals surface area contributed by atoms with Crippen molar-refractivity contribution in [2.45, 2.75) is 12.5 Å². The minimum atomic E-state index is -0.770. The van der Waals surface area contributed by atoms with Crippen molar-refractivity contribution in [1.82, 2.24) is 0 Å². The van der Waals surface area contributed by atoms with Crippen LogP contribution in [0.4, 0.5) is 0 Å². The van der Waals surface area contributed by atoms with Gasteiger partial charge in [-0.15, -0.1) is 0 Å². The SMILES string of the molecule is C[C@](O)(C[NH+]1CCOCC1)c1ccc(Br)cc1. The number of aliphatic hydroxyl groups is 1. The van der Waals surface area contributed by atoms with E-state index in [2.05, 4.69) is 15.9 Å². The smallest absolute Gasteiger partial charge is 0.135 e. The van der Waals surface area contributed by atoms with Crippen molar-refractivity contribution in [3.05, 3.63) is 34.3 Å². The molecule has 4 heteroatoms. The molecule has 0 radical (unpaired) electrons. The van der Waals surface area contributed by atoms with Crippen LogP contribution in [0.15, 0.2) is 28.7 Å². The van der Waals surface area contributed by atoms with Gasteiger partial charge in [0.15, 0.2) is 0 Å². The molecule has 1 atom stereocenters. The second kappa shape index (κ2) is 5.48. The maximum Gasteiger partial charge on any atom is 0.135 e. The maximum atomic E-state index is 10.6. The Kier molecular flexibility index (Phi) is 4.20. The number of nitrogens with one attached hydrogen (secondary N) is 1. The van der Waals surface area contributed by atoms with Crippen molar-refractivity contribution >= 4 is 15.9 Å². The number of ether oxygens (including phenoxy) is 1. The number of quaternary nitrogens is 1. The van der Waals surface area contributed by atoms with Crippen LogP contribution in [-0.2, 0) is 10.3 Å². The maximum absolute atomic E-state index is 10.6. The topological polar surface area (TPSA) is 33.9 Å². The zero-order valence-electron chi connectivity index (χ0n) is 10.1. The molecule has 0 spiro atoms. The summed E-state index contributed by atoms with van der Waals surface area (Å²) >= 11 is 3.41. The largest absolute Gasteiger partial charge is 0.380 e. The van der Waals surface area contributed by atoms with Crippen LogP contribution < -0.4 is 4.90 Å². The van der Waals surface area contributed by atoms with E-state index in [4.69, 9.17) is 4.74 Å². The zero-order valence-corrected chi connectivity index (χ0v) is 11.7. The van der Waals surface area contributed by atoms with E-state index in [0.717, 1.165) is 42.9 Å². The van der Waals surface area contributed by atoms with Crippen molar-refractivity contribution < 1.29 is 14.7 Å². The molecule has 1 aliphatic heterocycles. The fourth-order valence-electron chi connectivity index (χ4n) is 2.23. The first-order chi connectivity index (χ1) is 8.08. The van der Waals surface area contributed by atoms with Gasteiger partial charge in [-0.1, -0.05) is 28.1 Å². The Hall–Kier alpha value is -0.420. The summed E-state index contributed by atoms with van der Waals surface area (Å²) in [5, 5.41) is 10.6. The first-order valence-electron chi connectivity index (χ1n) is 5.98. The second-order valence-corrected chi connectivity index (χ2v) is 5.74. The normalized spacial score (nSPS) is 21.1. The number of benzene rings is 1. The standard InChI is InChI=1S/C13H18BrNO2/c1-13(16,10-15-6-8-17-9-7-15)11-2-4-12(14)5-3-11/h2-5,16H,6-10H2,1H3/p+1/t13-/m0/s1. The Labute approximate surface area is 111 Å². The van der Waals surface area contributed by atoms with Crippen molar-refractivity contribution in [3.63, 3.8) is 0 Å². The Bertz CT molecular complexity index is 358. The van der Waals surface area contributed by atoms with Gasteiger partial charge in [0.1, 0.15) is 25.2 Å². The predicted molar refractivity (Wildman–Crippen MR) is 70.1 cm³/mol. The van der Waals surface area contributed by atoms with Gasteiger partial charge in [-0.2, -0.15) is 0 Å². The van der Waals surface area contributed by atoms with Crippen LogP contribution in [0.5, 0.6) is 0 Å². The predicted octanol–water partition coefficient (Wildman–Crippen LogP) is 0.572. The summed E-state index contributed by atoms with van der Waals surface area (Å²) in [5.74, 6) is 0. The number of hydrogen-bond donors (Lipinski definition) is 2. The van der Waals surface area contributed by atoms with Crippen molar-refractivity contribution in [3.8, 4) is 0 Å². The number of halogens is 1. The van der Waals surface area contributed by atoms with Crippen molar-refractivity contribution in [2.24, 2.45) is 0 Å². The average Bonchev–Trinajstić information content (AvgIpc) is 2.30. The van der Waals surface area contributed by atoms with E-state index in [9.17, 15) is 5.11 Å². The van der Waals surface area contributed by atoms with E-state index in [-0.39, 0.29) is 0 Å². The third-order valence-corrected chi connectivity index (χ3v) is 3.79. The van der Waals surface area contributed by atoms with E-state index in [1.165, 1.54) is 4.90 Å². The van der Waals surface area contributed by atoms with Crippen LogP contribution in [0.3, 0.4) is 0 Å². The van der Waals surface area contributed by atoms with Crippen molar-refractivity contribution in [2.75, 3.05) is 32.8 Å². The quantitative estimate of drug-likeness (QED) is 0.856. The van der Waals surface area contributed by atoms with Crippen LogP contribution in [-0.4, -0.2) is 38.0 Å². The molecule has 1 aromatic rings. The lowest BCUT2D eigenvalue weighted by Crippen LogP contribution is -3.15. The molecule has 17 heavy (non-hydrogen) atoms. The summed E-state index contributed by atoms with van der Waals surface area (Å²) in [6.45, 7) is 6.17. The highest BCUT2D eigenvalue weighted by Crippen LogP contribution is 2.21. The molecule has 1 aliphatic rings. The fourth-order valence-corrected chi connectivity index (χ4v) is 2.50. The Morgan fingerprint density at radius 2 is 1.88 bits per heavy atom. The molecular weight excluding hydrogens is 282 g/mol. The molecule has 1 heterocycles. The highest BCUT2D eigenvalue weighted by molar-refractivity contribution is 9.10. The second-order valence-electron chi connectivity index (χ2n) is 4.82. The molecule has 0 amide bonds. The van der Waals surface area contributed by atoms with Gasteiger partial charge in [-0.25, -0.2) is 0 Å². The zero-order chi connectivity index (χ0) is 12.3. The molecule has 3 nitrogen and oxygen atoms in total. The number of hydrogen-bond acceptors (Lipinski definition) is 2. The monoisotopic (exact) mass is 300 g/mol. The van der Waals surface area contributed by atoms with E-state index < -0.39 is 5.60 Å². The number of morpholine rings is 1. The third-order valence-electron chi connectivity index (χ3n) is 3.26. The van der Waals surface area contributed by atoms with Gasteiger partial charge in [-0.3, -0.25) is 0 Å². The summed E-state index contributed by atoms with van der Waals surface area (Å²) < 4.78 is 6.36. The molecule has 0 bridgehead atoms. The molecule has 1 fully saturated rings. The van der Waals surface area contributed by atoms with Gasteiger partial charge in [0.25, 0.3) is 0 Å². The van der Waals surface area contributed by atoms with E-state index in [0.29, 0.717) is 0 Å². The highest BCUT2D eigenvalue weighted by Gasteiger charge is 2.29. The van der Waals surface area contributed by atoms with Crippen LogP contribution in [0.1, 0.15) is 12.5 Å². The lowest BCUT2D eigenvalue weighted by atomic mass is 9.95. The summed E-state index contributed by atoms with van der Waals surface area (Å²) in [7, 11) is 0. The Balaban J connectivity index is 2.04. The van der Waals surface area contributed by atoms with Gasteiger partial charge in [0, 0.05) is 4.47 Å². The van der Waals surface area contributed by atoms with Gasteiger partial charge >= 0.3 is 0 Å². The van der Waals surface area contributed by atoms with Gasteiger partial charge < -0.3 is 14.7 Å². The summed E-state index contributed by atoms with van der Waals surface area (Å²) in [6.07, 6.45) is 0.